The van der Waals surface area contributed by atoms with Crippen LogP contribution in [0.5, 0.6) is 0 Å². The first-order chi connectivity index (χ1) is 10.9. The molecule has 1 aromatic carbocycles. The van der Waals surface area contributed by atoms with Gasteiger partial charge in [-0.05, 0) is 30.4 Å². The maximum atomic E-state index is 13.2. The molecule has 0 aliphatic carbocycles. The lowest BCUT2D eigenvalue weighted by molar-refractivity contribution is 0.628. The van der Waals surface area contributed by atoms with Crippen molar-refractivity contribution >= 4 is 29.1 Å². The molecule has 0 atom stereocenters. The zero-order valence-corrected chi connectivity index (χ0v) is 12.5. The van der Waals surface area contributed by atoms with Gasteiger partial charge in [0.1, 0.15) is 23.4 Å². The molecule has 1 aromatic heterocycles. The fourth-order valence-electron chi connectivity index (χ4n) is 1.69. The Kier molecular flexibility index (Phi) is 4.79. The summed E-state index contributed by atoms with van der Waals surface area (Å²) in [5, 5.41) is 16.5. The van der Waals surface area contributed by atoms with Gasteiger partial charge in [-0.25, -0.2) is 9.37 Å². The van der Waals surface area contributed by atoms with Crippen molar-refractivity contribution in [2.75, 3.05) is 0 Å². The molecule has 23 heavy (non-hydrogen) atoms. The van der Waals surface area contributed by atoms with Gasteiger partial charge in [-0.2, -0.15) is 5.26 Å². The van der Waals surface area contributed by atoms with Gasteiger partial charge in [0.25, 0.3) is 0 Å². The lowest BCUT2D eigenvalue weighted by atomic mass is 10.1. The van der Waals surface area contributed by atoms with Crippen molar-refractivity contribution in [3.8, 4) is 6.07 Å². The summed E-state index contributed by atoms with van der Waals surface area (Å²) in [6.07, 6.45) is 4.24. The topological polar surface area (TPSA) is 128 Å². The van der Waals surface area contributed by atoms with Crippen LogP contribution in [0.25, 0.3) is 11.8 Å². The Morgan fingerprint density at radius 2 is 2.17 bits per heavy atom. The number of nitrogens with one attached hydrogen (secondary N) is 2. The first-order valence-electron chi connectivity index (χ1n) is 6.35. The average molecular weight is 331 g/mol. The smallest absolute Gasteiger partial charge is 0.141 e. The number of rotatable bonds is 4. The number of aromatic amines is 1. The maximum absolute atomic E-state index is 13.2. The molecule has 8 heteroatoms. The van der Waals surface area contributed by atoms with Crippen molar-refractivity contribution in [1.82, 2.24) is 9.97 Å². The predicted octanol–water partition coefficient (Wildman–Crippen LogP) is 2.39. The van der Waals surface area contributed by atoms with Crippen molar-refractivity contribution in [2.45, 2.75) is 0 Å². The third-order valence-electron chi connectivity index (χ3n) is 2.93. The number of hydrogen-bond donors (Lipinski definition) is 4. The molecule has 0 amide bonds. The van der Waals surface area contributed by atoms with Crippen LogP contribution < -0.4 is 11.5 Å². The van der Waals surface area contributed by atoms with Crippen molar-refractivity contribution in [2.24, 2.45) is 11.5 Å². The van der Waals surface area contributed by atoms with E-state index in [4.69, 9.17) is 33.7 Å². The van der Waals surface area contributed by atoms with Gasteiger partial charge in [-0.1, -0.05) is 11.6 Å². The van der Waals surface area contributed by atoms with E-state index < -0.39 is 5.82 Å². The minimum Gasteiger partial charge on any atom is -0.397 e. The van der Waals surface area contributed by atoms with Crippen LogP contribution in [-0.4, -0.2) is 15.7 Å². The number of benzene rings is 1. The molecule has 0 unspecified atom stereocenters. The molecule has 0 aliphatic rings. The first-order valence-corrected chi connectivity index (χ1v) is 6.73. The van der Waals surface area contributed by atoms with E-state index >= 15 is 0 Å². The molecule has 0 fully saturated rings. The number of halogens is 2. The van der Waals surface area contributed by atoms with Crippen LogP contribution in [0.4, 0.5) is 4.39 Å². The Hall–Kier alpha value is -3.11. The third kappa shape index (κ3) is 3.75. The summed E-state index contributed by atoms with van der Waals surface area (Å²) in [6, 6.07) is 5.83. The minimum absolute atomic E-state index is 0.0102. The minimum atomic E-state index is -0.567. The van der Waals surface area contributed by atoms with Crippen LogP contribution in [0.1, 0.15) is 17.1 Å². The van der Waals surface area contributed by atoms with E-state index in [1.807, 2.05) is 6.07 Å². The van der Waals surface area contributed by atoms with Crippen molar-refractivity contribution in [3.63, 3.8) is 0 Å². The summed E-state index contributed by atoms with van der Waals surface area (Å²) in [4.78, 5) is 6.66. The highest BCUT2D eigenvalue weighted by atomic mass is 35.5. The van der Waals surface area contributed by atoms with E-state index in [9.17, 15) is 4.39 Å². The molecule has 2 aromatic rings. The Balaban J connectivity index is 2.23. The molecule has 0 spiro atoms. The molecular weight excluding hydrogens is 319 g/mol. The highest BCUT2D eigenvalue weighted by Crippen LogP contribution is 2.20. The van der Waals surface area contributed by atoms with Gasteiger partial charge in [0.2, 0.25) is 0 Å². The maximum Gasteiger partial charge on any atom is 0.141 e. The summed E-state index contributed by atoms with van der Waals surface area (Å²) in [7, 11) is 0. The summed E-state index contributed by atoms with van der Waals surface area (Å²) in [5.74, 6) is -0.162. The lowest BCUT2D eigenvalue weighted by Crippen LogP contribution is -2.15. The monoisotopic (exact) mass is 330 g/mol. The van der Waals surface area contributed by atoms with Gasteiger partial charge in [-0.15, -0.1) is 0 Å². The number of aromatic nitrogens is 2. The van der Waals surface area contributed by atoms with Crippen LogP contribution in [0.15, 0.2) is 36.2 Å². The number of nitrogens with zero attached hydrogens (tertiary/aromatic N) is 2. The zero-order chi connectivity index (χ0) is 17.0. The molecular formula is C15H12ClFN6. The predicted molar refractivity (Wildman–Crippen MR) is 86.8 cm³/mol. The SMILES string of the molecule is N#Cc1cnc(/C=C\C(=N)/C(N)=C(/N)c2ccc(F)c(Cl)c2)[nH]1. The van der Waals surface area contributed by atoms with Crippen molar-refractivity contribution in [1.29, 1.82) is 10.7 Å². The van der Waals surface area contributed by atoms with Crippen LogP contribution >= 0.6 is 11.6 Å². The van der Waals surface area contributed by atoms with Crippen LogP contribution in [0, 0.1) is 22.6 Å². The fraction of sp³-hybridized carbons (Fsp3) is 0. The highest BCUT2D eigenvalue weighted by Gasteiger charge is 2.08. The highest BCUT2D eigenvalue weighted by molar-refractivity contribution is 6.31. The lowest BCUT2D eigenvalue weighted by Gasteiger charge is -2.07. The standard InChI is InChI=1S/C15H12ClFN6/c16-10-5-8(1-2-11(10)17)14(20)15(21)12(19)3-4-13-22-7-9(6-18)23-13/h1-5,7,19H,20-21H2,(H,22,23)/b4-3-,15-14-,19-12?. The van der Waals surface area contributed by atoms with Crippen LogP contribution in [0.2, 0.25) is 5.02 Å². The van der Waals surface area contributed by atoms with Crippen molar-refractivity contribution in [3.05, 3.63) is 64.1 Å². The number of allylic oxidation sites excluding steroid dienone is 1. The first kappa shape index (κ1) is 16.3. The van der Waals surface area contributed by atoms with E-state index in [-0.39, 0.29) is 22.1 Å². The summed E-state index contributed by atoms with van der Waals surface area (Å²) < 4.78 is 13.2. The molecule has 6 nitrogen and oxygen atoms in total. The number of nitriles is 1. The normalized spacial score (nSPS) is 12.0. The largest absolute Gasteiger partial charge is 0.397 e. The Labute approximate surface area is 136 Å². The average Bonchev–Trinajstić information content (AvgIpc) is 3.01. The van der Waals surface area contributed by atoms with E-state index in [1.54, 1.807) is 0 Å². The van der Waals surface area contributed by atoms with E-state index in [0.29, 0.717) is 17.1 Å². The Bertz CT molecular complexity index is 859. The molecule has 0 aliphatic heterocycles. The second-order valence-corrected chi connectivity index (χ2v) is 4.90. The third-order valence-corrected chi connectivity index (χ3v) is 3.22. The Morgan fingerprint density at radius 1 is 1.43 bits per heavy atom. The molecule has 6 N–H and O–H groups in total. The van der Waals surface area contributed by atoms with E-state index in [1.165, 1.54) is 36.5 Å². The second-order valence-electron chi connectivity index (χ2n) is 4.50. The van der Waals surface area contributed by atoms with E-state index in [2.05, 4.69) is 9.97 Å². The van der Waals surface area contributed by atoms with Crippen LogP contribution in [-0.2, 0) is 0 Å². The Morgan fingerprint density at radius 3 is 2.78 bits per heavy atom. The molecule has 0 bridgehead atoms. The quantitative estimate of drug-likeness (QED) is 0.641. The summed E-state index contributed by atoms with van der Waals surface area (Å²) in [6.45, 7) is 0. The van der Waals surface area contributed by atoms with Gasteiger partial charge in [0.05, 0.1) is 28.3 Å². The molecule has 0 radical (unpaired) electrons. The molecule has 0 saturated carbocycles. The van der Waals surface area contributed by atoms with Crippen LogP contribution in [0.3, 0.4) is 0 Å². The number of imidazole rings is 1. The van der Waals surface area contributed by atoms with Gasteiger partial charge in [0, 0.05) is 5.56 Å². The molecule has 116 valence electrons. The zero-order valence-electron chi connectivity index (χ0n) is 11.8. The molecule has 1 heterocycles. The summed E-state index contributed by atoms with van der Waals surface area (Å²) >= 11 is 5.70. The van der Waals surface area contributed by atoms with Gasteiger partial charge < -0.3 is 16.5 Å². The second kappa shape index (κ2) is 6.77. The van der Waals surface area contributed by atoms with Gasteiger partial charge in [-0.3, -0.25) is 5.41 Å². The number of nitrogens with two attached hydrogens (primary N) is 2. The number of hydrogen-bond acceptors (Lipinski definition) is 5. The van der Waals surface area contributed by atoms with Crippen molar-refractivity contribution < 1.29 is 4.39 Å². The van der Waals surface area contributed by atoms with Gasteiger partial charge in [0.15, 0.2) is 0 Å². The molecule has 0 saturated heterocycles. The number of H-pyrrole nitrogens is 1. The summed E-state index contributed by atoms with van der Waals surface area (Å²) in [5.41, 5.74) is 12.5. The molecule has 2 rings (SSSR count). The fourth-order valence-corrected chi connectivity index (χ4v) is 1.87. The van der Waals surface area contributed by atoms with Gasteiger partial charge >= 0.3 is 0 Å². The van der Waals surface area contributed by atoms with E-state index in [0.717, 1.165) is 0 Å².